The van der Waals surface area contributed by atoms with Crippen molar-refractivity contribution in [3.8, 4) is 5.75 Å². The molecule has 1 aliphatic heterocycles. The van der Waals surface area contributed by atoms with Crippen LogP contribution in [0.3, 0.4) is 0 Å². The molecule has 2 aromatic carbocycles. The lowest BCUT2D eigenvalue weighted by molar-refractivity contribution is -0.151. The number of carbonyl (C=O) groups is 3. The summed E-state index contributed by atoms with van der Waals surface area (Å²) >= 11 is 6.05. The fourth-order valence-electron chi connectivity index (χ4n) is 3.46. The van der Waals surface area contributed by atoms with Gasteiger partial charge in [0.05, 0.1) is 6.61 Å². The molecule has 1 fully saturated rings. The average Bonchev–Trinajstić information content (AvgIpc) is 2.86. The summed E-state index contributed by atoms with van der Waals surface area (Å²) in [6.45, 7) is 4.43. The summed E-state index contributed by atoms with van der Waals surface area (Å²) in [6.07, 6.45) is 2.01. The van der Waals surface area contributed by atoms with Crippen molar-refractivity contribution in [2.45, 2.75) is 19.8 Å². The Morgan fingerprint density at radius 2 is 1.76 bits per heavy atom. The van der Waals surface area contributed by atoms with E-state index in [0.29, 0.717) is 49.1 Å². The molecule has 0 aromatic heterocycles. The Kier molecular flexibility index (Phi) is 9.58. The number of nitrogens with zero attached hydrogens (tertiary/aromatic N) is 2. The monoisotopic (exact) mass is 487 g/mol. The minimum absolute atomic E-state index is 0.260. The number of hydrogen-bond acceptors (Lipinski definition) is 6. The number of hydrogen-bond donors (Lipinski definition) is 1. The van der Waals surface area contributed by atoms with Gasteiger partial charge in [-0.15, -0.1) is 0 Å². The molecule has 0 spiro atoms. The number of nitrogens with one attached hydrogen (secondary N) is 1. The van der Waals surface area contributed by atoms with Gasteiger partial charge in [-0.3, -0.25) is 14.4 Å². The number of anilines is 1. The molecule has 0 radical (unpaired) electrons. The molecule has 182 valence electrons. The minimum Gasteiger partial charge on any atom is -0.494 e. The highest BCUT2D eigenvalue weighted by atomic mass is 35.5. The van der Waals surface area contributed by atoms with Crippen molar-refractivity contribution in [1.29, 1.82) is 0 Å². The number of unbranched alkanes of at least 4 members (excludes halogenated alkanes) is 1. The maximum absolute atomic E-state index is 12.4. The van der Waals surface area contributed by atoms with Gasteiger partial charge in [0.1, 0.15) is 12.3 Å². The smallest absolute Gasteiger partial charge is 0.325 e. The van der Waals surface area contributed by atoms with Gasteiger partial charge in [0.25, 0.3) is 11.8 Å². The highest BCUT2D eigenvalue weighted by Crippen LogP contribution is 2.20. The highest BCUT2D eigenvalue weighted by Gasteiger charge is 2.22. The summed E-state index contributed by atoms with van der Waals surface area (Å²) in [7, 11) is 0. The summed E-state index contributed by atoms with van der Waals surface area (Å²) in [5.74, 6) is -0.639. The van der Waals surface area contributed by atoms with Crippen molar-refractivity contribution in [1.82, 2.24) is 10.2 Å². The number of esters is 1. The highest BCUT2D eigenvalue weighted by molar-refractivity contribution is 6.30. The Morgan fingerprint density at radius 1 is 1.03 bits per heavy atom. The molecule has 1 saturated heterocycles. The first-order valence-electron chi connectivity index (χ1n) is 11.4. The lowest BCUT2D eigenvalue weighted by Crippen LogP contribution is -2.50. The van der Waals surface area contributed by atoms with Gasteiger partial charge in [0.2, 0.25) is 0 Å². The van der Waals surface area contributed by atoms with Gasteiger partial charge in [-0.2, -0.15) is 0 Å². The van der Waals surface area contributed by atoms with E-state index in [-0.39, 0.29) is 19.1 Å². The van der Waals surface area contributed by atoms with Crippen LogP contribution in [0.1, 0.15) is 30.1 Å². The SMILES string of the molecule is CCCCOc1ccc(C(=O)NCC(=O)OCC(=O)N2CCN(c3cccc(Cl)c3)CC2)cc1. The Labute approximate surface area is 204 Å². The molecule has 1 aliphatic rings. The van der Waals surface area contributed by atoms with Crippen molar-refractivity contribution >= 4 is 35.1 Å². The number of amides is 2. The minimum atomic E-state index is -0.668. The third kappa shape index (κ3) is 7.66. The zero-order chi connectivity index (χ0) is 24.3. The average molecular weight is 488 g/mol. The summed E-state index contributed by atoms with van der Waals surface area (Å²) in [6, 6.07) is 14.3. The number of rotatable bonds is 10. The van der Waals surface area contributed by atoms with Crippen molar-refractivity contribution in [2.24, 2.45) is 0 Å². The maximum atomic E-state index is 12.4. The van der Waals surface area contributed by atoms with Crippen LogP contribution < -0.4 is 15.0 Å². The van der Waals surface area contributed by atoms with Gasteiger partial charge in [0, 0.05) is 42.5 Å². The maximum Gasteiger partial charge on any atom is 0.325 e. The summed E-state index contributed by atoms with van der Waals surface area (Å²) in [5, 5.41) is 3.18. The Balaban J connectivity index is 1.34. The Bertz CT molecular complexity index is 975. The van der Waals surface area contributed by atoms with Crippen molar-refractivity contribution in [3.63, 3.8) is 0 Å². The summed E-state index contributed by atoms with van der Waals surface area (Å²) in [4.78, 5) is 40.4. The van der Waals surface area contributed by atoms with E-state index in [9.17, 15) is 14.4 Å². The van der Waals surface area contributed by atoms with E-state index < -0.39 is 11.9 Å². The second kappa shape index (κ2) is 12.8. The zero-order valence-electron chi connectivity index (χ0n) is 19.3. The second-order valence-corrected chi connectivity index (χ2v) is 8.35. The van der Waals surface area contributed by atoms with Gasteiger partial charge in [-0.05, 0) is 48.9 Å². The third-order valence-electron chi connectivity index (χ3n) is 5.44. The van der Waals surface area contributed by atoms with Crippen LogP contribution in [0.5, 0.6) is 5.75 Å². The van der Waals surface area contributed by atoms with Crippen LogP contribution in [0.25, 0.3) is 0 Å². The predicted molar refractivity (Wildman–Crippen MR) is 130 cm³/mol. The first-order valence-corrected chi connectivity index (χ1v) is 11.8. The molecule has 8 nitrogen and oxygen atoms in total. The van der Waals surface area contributed by atoms with Gasteiger partial charge in [-0.1, -0.05) is 31.0 Å². The predicted octanol–water partition coefficient (Wildman–Crippen LogP) is 3.14. The Hall–Kier alpha value is -3.26. The molecule has 0 unspecified atom stereocenters. The molecule has 0 atom stereocenters. The van der Waals surface area contributed by atoms with E-state index in [0.717, 1.165) is 18.5 Å². The van der Waals surface area contributed by atoms with E-state index in [4.69, 9.17) is 21.1 Å². The molecule has 2 aromatic rings. The van der Waals surface area contributed by atoms with Crippen molar-refractivity contribution in [2.75, 3.05) is 50.8 Å². The van der Waals surface area contributed by atoms with Gasteiger partial charge in [0.15, 0.2) is 6.61 Å². The molecule has 1 N–H and O–H groups in total. The fourth-order valence-corrected chi connectivity index (χ4v) is 3.65. The molecule has 9 heteroatoms. The van der Waals surface area contributed by atoms with E-state index in [1.54, 1.807) is 29.2 Å². The van der Waals surface area contributed by atoms with Crippen LogP contribution in [-0.2, 0) is 14.3 Å². The molecule has 34 heavy (non-hydrogen) atoms. The standard InChI is InChI=1S/C25H30ClN3O5/c1-2-3-15-33-22-9-7-19(8-10-22)25(32)27-17-24(31)34-18-23(30)29-13-11-28(12-14-29)21-6-4-5-20(26)16-21/h4-10,16H,2-3,11-15,17-18H2,1H3,(H,27,32). The summed E-state index contributed by atoms with van der Waals surface area (Å²) < 4.78 is 10.6. The third-order valence-corrected chi connectivity index (χ3v) is 5.67. The van der Waals surface area contributed by atoms with Gasteiger partial charge in [-0.25, -0.2) is 0 Å². The molecule has 0 bridgehead atoms. The van der Waals surface area contributed by atoms with E-state index in [1.807, 2.05) is 24.3 Å². The van der Waals surface area contributed by atoms with Crippen LogP contribution in [0.4, 0.5) is 5.69 Å². The number of halogens is 1. The van der Waals surface area contributed by atoms with Gasteiger partial charge < -0.3 is 24.6 Å². The quantitative estimate of drug-likeness (QED) is 0.409. The van der Waals surface area contributed by atoms with E-state index in [2.05, 4.69) is 17.1 Å². The van der Waals surface area contributed by atoms with Crippen LogP contribution >= 0.6 is 11.6 Å². The first kappa shape index (κ1) is 25.4. The molecule has 3 rings (SSSR count). The fraction of sp³-hybridized carbons (Fsp3) is 0.400. The normalized spacial score (nSPS) is 13.4. The zero-order valence-corrected chi connectivity index (χ0v) is 20.1. The first-order chi connectivity index (χ1) is 16.5. The molecule has 0 aliphatic carbocycles. The van der Waals surface area contributed by atoms with E-state index in [1.165, 1.54) is 0 Å². The Morgan fingerprint density at radius 3 is 2.44 bits per heavy atom. The lowest BCUT2D eigenvalue weighted by Gasteiger charge is -2.36. The number of benzene rings is 2. The largest absolute Gasteiger partial charge is 0.494 e. The van der Waals surface area contributed by atoms with Crippen molar-refractivity contribution < 1.29 is 23.9 Å². The number of carbonyl (C=O) groups excluding carboxylic acids is 3. The van der Waals surface area contributed by atoms with Gasteiger partial charge >= 0.3 is 5.97 Å². The topological polar surface area (TPSA) is 88.2 Å². The number of ether oxygens (including phenoxy) is 2. The molecule has 2 amide bonds. The number of piperazine rings is 1. The molecular formula is C25H30ClN3O5. The lowest BCUT2D eigenvalue weighted by atomic mass is 10.2. The van der Waals surface area contributed by atoms with Crippen LogP contribution in [0.2, 0.25) is 5.02 Å². The molecule has 1 heterocycles. The van der Waals surface area contributed by atoms with Crippen LogP contribution in [-0.4, -0.2) is 68.6 Å². The van der Waals surface area contributed by atoms with Crippen LogP contribution in [0, 0.1) is 0 Å². The molecular weight excluding hydrogens is 458 g/mol. The molecule has 0 saturated carbocycles. The second-order valence-electron chi connectivity index (χ2n) is 7.92. The summed E-state index contributed by atoms with van der Waals surface area (Å²) in [5.41, 5.74) is 1.42. The van der Waals surface area contributed by atoms with Crippen molar-refractivity contribution in [3.05, 3.63) is 59.1 Å². The van der Waals surface area contributed by atoms with Crippen LogP contribution in [0.15, 0.2) is 48.5 Å². The van der Waals surface area contributed by atoms with E-state index >= 15 is 0 Å².